The summed E-state index contributed by atoms with van der Waals surface area (Å²) in [6.07, 6.45) is 0. The molecule has 1 aromatic carbocycles. The van der Waals surface area contributed by atoms with Gasteiger partial charge in [0.25, 0.3) is 0 Å². The number of hydrogen-bond donors (Lipinski definition) is 0. The fourth-order valence-electron chi connectivity index (χ4n) is 0.812. The van der Waals surface area contributed by atoms with Crippen LogP contribution < -0.4 is 9.47 Å². The van der Waals surface area contributed by atoms with E-state index in [2.05, 4.69) is 4.74 Å². The first-order chi connectivity index (χ1) is 5.74. The number of hydrogen-bond acceptors (Lipinski definition) is 2. The summed E-state index contributed by atoms with van der Waals surface area (Å²) in [5, 5.41) is 0. The third-order valence-electron chi connectivity index (χ3n) is 1.29. The molecule has 0 spiro atoms. The predicted octanol–water partition coefficient (Wildman–Crippen LogP) is 2.30. The molecule has 0 atom stereocenters. The Balaban J connectivity index is 2.82. The van der Waals surface area contributed by atoms with Gasteiger partial charge < -0.3 is 9.47 Å². The number of ether oxygens (including phenoxy) is 2. The molecular weight excluding hydrogens is 166 g/mol. The number of halogens is 2. The zero-order valence-electron chi connectivity index (χ0n) is 6.46. The molecule has 0 heterocycles. The highest BCUT2D eigenvalue weighted by molar-refractivity contribution is 5.39. The summed E-state index contributed by atoms with van der Waals surface area (Å²) in [7, 11) is 1.40. The molecule has 0 unspecified atom stereocenters. The second kappa shape index (κ2) is 3.90. The van der Waals surface area contributed by atoms with Crippen LogP contribution in [0.1, 0.15) is 0 Å². The smallest absolute Gasteiger partial charge is 0.387 e. The highest BCUT2D eigenvalue weighted by Gasteiger charge is 2.08. The van der Waals surface area contributed by atoms with Gasteiger partial charge in [0.15, 0.2) is 11.5 Å². The number of para-hydroxylation sites is 2. The van der Waals surface area contributed by atoms with Crippen molar-refractivity contribution in [2.45, 2.75) is 6.61 Å². The van der Waals surface area contributed by atoms with Crippen molar-refractivity contribution in [1.82, 2.24) is 0 Å². The highest BCUT2D eigenvalue weighted by Crippen LogP contribution is 2.26. The minimum Gasteiger partial charge on any atom is -0.493 e. The van der Waals surface area contributed by atoms with Crippen molar-refractivity contribution >= 4 is 0 Å². The van der Waals surface area contributed by atoms with Gasteiger partial charge in [-0.25, -0.2) is 0 Å². The van der Waals surface area contributed by atoms with Crippen molar-refractivity contribution in [1.29, 1.82) is 0 Å². The Labute approximate surface area is 68.7 Å². The summed E-state index contributed by atoms with van der Waals surface area (Å²) in [5.74, 6) is 0.354. The Morgan fingerprint density at radius 2 is 1.75 bits per heavy atom. The Morgan fingerprint density at radius 3 is 2.25 bits per heavy atom. The molecule has 0 amide bonds. The number of alkyl halides is 2. The van der Waals surface area contributed by atoms with E-state index in [4.69, 9.17) is 4.74 Å². The summed E-state index contributed by atoms with van der Waals surface area (Å²) in [6, 6.07) is 6.25. The second-order valence-corrected chi connectivity index (χ2v) is 2.03. The molecule has 0 saturated carbocycles. The van der Waals surface area contributed by atoms with E-state index in [9.17, 15) is 8.78 Å². The van der Waals surface area contributed by atoms with Gasteiger partial charge in [0.2, 0.25) is 0 Å². The van der Waals surface area contributed by atoms with Crippen LogP contribution in [0.25, 0.3) is 0 Å². The van der Waals surface area contributed by atoms with E-state index >= 15 is 0 Å². The zero-order valence-corrected chi connectivity index (χ0v) is 6.46. The molecule has 12 heavy (non-hydrogen) atoms. The van der Waals surface area contributed by atoms with Gasteiger partial charge in [0.05, 0.1) is 7.11 Å². The SMILES string of the molecule is COc1ccccc1OC(F)F. The molecule has 4 heteroatoms. The molecule has 1 rings (SSSR count). The van der Waals surface area contributed by atoms with Gasteiger partial charge in [0, 0.05) is 0 Å². The van der Waals surface area contributed by atoms with Crippen LogP contribution in [0.2, 0.25) is 0 Å². The van der Waals surface area contributed by atoms with Gasteiger partial charge in [-0.05, 0) is 12.1 Å². The van der Waals surface area contributed by atoms with Gasteiger partial charge in [-0.1, -0.05) is 12.1 Å². The van der Waals surface area contributed by atoms with E-state index in [1.165, 1.54) is 13.2 Å². The third kappa shape index (κ3) is 2.08. The fraction of sp³-hybridized carbons (Fsp3) is 0.250. The van der Waals surface area contributed by atoms with Gasteiger partial charge >= 0.3 is 6.61 Å². The van der Waals surface area contributed by atoms with E-state index in [0.29, 0.717) is 5.75 Å². The van der Waals surface area contributed by atoms with E-state index in [1.54, 1.807) is 18.2 Å². The number of benzene rings is 1. The van der Waals surface area contributed by atoms with E-state index in [1.807, 2.05) is 0 Å². The molecule has 0 aliphatic heterocycles. The van der Waals surface area contributed by atoms with Crippen molar-refractivity contribution in [3.63, 3.8) is 0 Å². The molecular formula is C8H8F2O2. The monoisotopic (exact) mass is 174 g/mol. The molecule has 0 saturated heterocycles. The molecule has 1 aromatic rings. The lowest BCUT2D eigenvalue weighted by Gasteiger charge is -2.08. The Kier molecular flexibility index (Phi) is 2.85. The van der Waals surface area contributed by atoms with Crippen molar-refractivity contribution in [3.8, 4) is 11.5 Å². The van der Waals surface area contributed by atoms with E-state index in [0.717, 1.165) is 0 Å². The quantitative estimate of drug-likeness (QED) is 0.699. The van der Waals surface area contributed by atoms with Crippen LogP contribution in [0.5, 0.6) is 11.5 Å². The fourth-order valence-corrected chi connectivity index (χ4v) is 0.812. The molecule has 0 radical (unpaired) electrons. The minimum absolute atomic E-state index is 0.0509. The van der Waals surface area contributed by atoms with Crippen LogP contribution in [0.4, 0.5) is 8.78 Å². The summed E-state index contributed by atoms with van der Waals surface area (Å²) in [4.78, 5) is 0. The van der Waals surface area contributed by atoms with Crippen LogP contribution in [0.15, 0.2) is 24.3 Å². The first kappa shape index (κ1) is 8.77. The third-order valence-corrected chi connectivity index (χ3v) is 1.29. The van der Waals surface area contributed by atoms with Crippen molar-refractivity contribution in [2.75, 3.05) is 7.11 Å². The van der Waals surface area contributed by atoms with Gasteiger partial charge in [0.1, 0.15) is 0 Å². The molecule has 66 valence electrons. The van der Waals surface area contributed by atoms with Gasteiger partial charge in [-0.3, -0.25) is 0 Å². The normalized spacial score (nSPS) is 10.0. The Bertz CT molecular complexity index is 251. The highest BCUT2D eigenvalue weighted by atomic mass is 19.3. The van der Waals surface area contributed by atoms with Gasteiger partial charge in [-0.2, -0.15) is 8.78 Å². The van der Waals surface area contributed by atoms with Crippen LogP contribution in [-0.2, 0) is 0 Å². The first-order valence-corrected chi connectivity index (χ1v) is 3.32. The van der Waals surface area contributed by atoms with Crippen molar-refractivity contribution in [2.24, 2.45) is 0 Å². The molecule has 0 aliphatic carbocycles. The average molecular weight is 174 g/mol. The molecule has 0 aliphatic rings. The number of methoxy groups -OCH3 is 1. The number of rotatable bonds is 3. The summed E-state index contributed by atoms with van der Waals surface area (Å²) in [5.41, 5.74) is 0. The van der Waals surface area contributed by atoms with E-state index in [-0.39, 0.29) is 5.75 Å². The van der Waals surface area contributed by atoms with Crippen molar-refractivity contribution < 1.29 is 18.3 Å². The summed E-state index contributed by atoms with van der Waals surface area (Å²) >= 11 is 0. The molecule has 0 fully saturated rings. The van der Waals surface area contributed by atoms with Crippen LogP contribution in [0, 0.1) is 0 Å². The Morgan fingerprint density at radius 1 is 1.17 bits per heavy atom. The van der Waals surface area contributed by atoms with Gasteiger partial charge in [-0.15, -0.1) is 0 Å². The molecule has 0 bridgehead atoms. The maximum absolute atomic E-state index is 11.8. The van der Waals surface area contributed by atoms with E-state index < -0.39 is 6.61 Å². The lowest BCUT2D eigenvalue weighted by Crippen LogP contribution is -2.03. The Hall–Kier alpha value is -1.32. The van der Waals surface area contributed by atoms with Crippen LogP contribution in [0.3, 0.4) is 0 Å². The average Bonchev–Trinajstić information content (AvgIpc) is 2.04. The maximum Gasteiger partial charge on any atom is 0.387 e. The van der Waals surface area contributed by atoms with Crippen LogP contribution in [-0.4, -0.2) is 13.7 Å². The molecule has 0 aromatic heterocycles. The predicted molar refractivity (Wildman–Crippen MR) is 39.6 cm³/mol. The van der Waals surface area contributed by atoms with Crippen molar-refractivity contribution in [3.05, 3.63) is 24.3 Å². The summed E-state index contributed by atoms with van der Waals surface area (Å²) in [6.45, 7) is -2.82. The molecule has 2 nitrogen and oxygen atoms in total. The standard InChI is InChI=1S/C8H8F2O2/c1-11-6-4-2-3-5-7(6)12-8(9)10/h2-5,8H,1H3. The largest absolute Gasteiger partial charge is 0.493 e. The lowest BCUT2D eigenvalue weighted by atomic mass is 10.3. The first-order valence-electron chi connectivity index (χ1n) is 3.32. The minimum atomic E-state index is -2.82. The topological polar surface area (TPSA) is 18.5 Å². The summed E-state index contributed by atoms with van der Waals surface area (Å²) < 4.78 is 32.5. The second-order valence-electron chi connectivity index (χ2n) is 2.03. The van der Waals surface area contributed by atoms with Crippen LogP contribution >= 0.6 is 0 Å². The zero-order chi connectivity index (χ0) is 8.97. The lowest BCUT2D eigenvalue weighted by molar-refractivity contribution is -0.0512. The maximum atomic E-state index is 11.8. The molecule has 0 N–H and O–H groups in total.